The van der Waals surface area contributed by atoms with Gasteiger partial charge in [-0.15, -0.1) is 0 Å². The number of nitrogen functional groups attached to an aromatic ring is 1. The molecule has 20 heavy (non-hydrogen) atoms. The van der Waals surface area contributed by atoms with Gasteiger partial charge in [-0.2, -0.15) is 0 Å². The fourth-order valence-corrected chi connectivity index (χ4v) is 4.41. The van der Waals surface area contributed by atoms with Gasteiger partial charge < -0.3 is 5.73 Å². The molecule has 0 aromatic heterocycles. The Labute approximate surface area is 125 Å². The lowest BCUT2D eigenvalue weighted by atomic mass is 9.75. The SMILES string of the molecule is CC1(C)CCCC(NS(=O)(=O)c2ccc(Cl)cc2N)C1. The molecule has 1 fully saturated rings. The molecule has 1 aromatic carbocycles. The average molecular weight is 317 g/mol. The Kier molecular flexibility index (Phi) is 4.33. The van der Waals surface area contributed by atoms with Gasteiger partial charge >= 0.3 is 0 Å². The third kappa shape index (κ3) is 3.65. The second kappa shape index (κ2) is 5.54. The molecule has 4 nitrogen and oxygen atoms in total. The average Bonchev–Trinajstić information content (AvgIpc) is 2.25. The minimum absolute atomic E-state index is 0.0289. The van der Waals surface area contributed by atoms with Crippen molar-refractivity contribution in [3.05, 3.63) is 23.2 Å². The largest absolute Gasteiger partial charge is 0.398 e. The van der Waals surface area contributed by atoms with Crippen molar-refractivity contribution in [1.82, 2.24) is 4.72 Å². The summed E-state index contributed by atoms with van der Waals surface area (Å²) in [6.07, 6.45) is 3.89. The lowest BCUT2D eigenvalue weighted by Crippen LogP contribution is -2.40. The van der Waals surface area contributed by atoms with Crippen molar-refractivity contribution >= 4 is 27.3 Å². The molecule has 0 bridgehead atoms. The van der Waals surface area contributed by atoms with Crippen molar-refractivity contribution < 1.29 is 8.42 Å². The first-order valence-electron chi connectivity index (χ1n) is 6.77. The van der Waals surface area contributed by atoms with E-state index in [0.717, 1.165) is 25.7 Å². The summed E-state index contributed by atoms with van der Waals surface area (Å²) in [6, 6.07) is 4.42. The molecule has 3 N–H and O–H groups in total. The zero-order valence-corrected chi connectivity index (χ0v) is 13.4. The zero-order valence-electron chi connectivity index (χ0n) is 11.8. The summed E-state index contributed by atoms with van der Waals surface area (Å²) in [7, 11) is -3.59. The van der Waals surface area contributed by atoms with Crippen LogP contribution < -0.4 is 10.5 Å². The number of benzene rings is 1. The number of hydrogen-bond donors (Lipinski definition) is 2. The summed E-state index contributed by atoms with van der Waals surface area (Å²) in [6.45, 7) is 4.34. The summed E-state index contributed by atoms with van der Waals surface area (Å²) in [4.78, 5) is 0.102. The number of hydrogen-bond acceptors (Lipinski definition) is 3. The van der Waals surface area contributed by atoms with Gasteiger partial charge in [-0.25, -0.2) is 13.1 Å². The number of nitrogens with one attached hydrogen (secondary N) is 1. The van der Waals surface area contributed by atoms with E-state index in [1.54, 1.807) is 0 Å². The molecule has 0 heterocycles. The Hall–Kier alpha value is -0.780. The molecule has 0 radical (unpaired) electrons. The van der Waals surface area contributed by atoms with Gasteiger partial charge in [0.25, 0.3) is 0 Å². The Bertz CT molecular complexity index is 599. The van der Waals surface area contributed by atoms with Gasteiger partial charge in [0.1, 0.15) is 4.90 Å². The molecule has 1 aromatic rings. The minimum atomic E-state index is -3.59. The van der Waals surface area contributed by atoms with Crippen molar-refractivity contribution in [2.45, 2.75) is 50.5 Å². The third-order valence-electron chi connectivity index (χ3n) is 3.79. The van der Waals surface area contributed by atoms with E-state index in [-0.39, 0.29) is 22.0 Å². The van der Waals surface area contributed by atoms with Crippen molar-refractivity contribution in [3.8, 4) is 0 Å². The molecule has 1 unspecified atom stereocenters. The molecular weight excluding hydrogens is 296 g/mol. The molecule has 0 amide bonds. The van der Waals surface area contributed by atoms with Crippen LogP contribution >= 0.6 is 11.6 Å². The van der Waals surface area contributed by atoms with Gasteiger partial charge in [-0.05, 0) is 42.9 Å². The molecule has 1 aliphatic carbocycles. The molecule has 2 rings (SSSR count). The van der Waals surface area contributed by atoms with Crippen LogP contribution in [0.4, 0.5) is 5.69 Å². The molecule has 1 aliphatic rings. The fourth-order valence-electron chi connectivity index (χ4n) is 2.85. The van der Waals surface area contributed by atoms with Crippen LogP contribution in [0.15, 0.2) is 23.1 Å². The predicted octanol–water partition coefficient (Wildman–Crippen LogP) is 3.17. The summed E-state index contributed by atoms with van der Waals surface area (Å²) in [5, 5.41) is 0.431. The quantitative estimate of drug-likeness (QED) is 0.841. The highest BCUT2D eigenvalue weighted by atomic mass is 35.5. The number of halogens is 1. The number of sulfonamides is 1. The molecule has 6 heteroatoms. The number of rotatable bonds is 3. The number of nitrogens with two attached hydrogens (primary N) is 1. The summed E-state index contributed by atoms with van der Waals surface area (Å²) in [5.74, 6) is 0. The smallest absolute Gasteiger partial charge is 0.242 e. The topological polar surface area (TPSA) is 72.2 Å². The van der Waals surface area contributed by atoms with Crippen LogP contribution in [0.5, 0.6) is 0 Å². The van der Waals surface area contributed by atoms with Gasteiger partial charge in [-0.1, -0.05) is 31.9 Å². The Morgan fingerprint density at radius 1 is 1.40 bits per heavy atom. The molecule has 1 saturated carbocycles. The van der Waals surface area contributed by atoms with Crippen LogP contribution in [0.3, 0.4) is 0 Å². The highest BCUT2D eigenvalue weighted by Gasteiger charge is 2.31. The summed E-state index contributed by atoms with van der Waals surface area (Å²) >= 11 is 5.80. The Morgan fingerprint density at radius 3 is 2.70 bits per heavy atom. The standard InChI is InChI=1S/C14H21ClN2O2S/c1-14(2)7-3-4-11(9-14)17-20(18,19)13-6-5-10(15)8-12(13)16/h5-6,8,11,17H,3-4,7,9,16H2,1-2H3. The number of anilines is 1. The maximum atomic E-state index is 12.4. The van der Waals surface area contributed by atoms with E-state index in [0.29, 0.717) is 5.02 Å². The maximum absolute atomic E-state index is 12.4. The molecule has 0 spiro atoms. The van der Waals surface area contributed by atoms with E-state index in [1.807, 2.05) is 0 Å². The van der Waals surface area contributed by atoms with Crippen molar-refractivity contribution in [2.24, 2.45) is 5.41 Å². The molecular formula is C14H21ClN2O2S. The van der Waals surface area contributed by atoms with Gasteiger partial charge in [0.15, 0.2) is 0 Å². The molecule has 112 valence electrons. The molecule has 0 saturated heterocycles. The van der Waals surface area contributed by atoms with Crippen molar-refractivity contribution in [1.29, 1.82) is 0 Å². The highest BCUT2D eigenvalue weighted by Crippen LogP contribution is 2.35. The zero-order chi connectivity index (χ0) is 15.0. The summed E-state index contributed by atoms with van der Waals surface area (Å²) < 4.78 is 27.6. The van der Waals surface area contributed by atoms with Crippen LogP contribution in [0.25, 0.3) is 0 Å². The van der Waals surface area contributed by atoms with E-state index in [2.05, 4.69) is 18.6 Å². The van der Waals surface area contributed by atoms with E-state index in [1.165, 1.54) is 18.2 Å². The first-order valence-corrected chi connectivity index (χ1v) is 8.63. The Balaban J connectivity index is 2.19. The van der Waals surface area contributed by atoms with Gasteiger partial charge in [0.2, 0.25) is 10.0 Å². The minimum Gasteiger partial charge on any atom is -0.398 e. The van der Waals surface area contributed by atoms with E-state index < -0.39 is 10.0 Å². The second-order valence-corrected chi connectivity index (χ2v) is 8.38. The van der Waals surface area contributed by atoms with Crippen molar-refractivity contribution in [3.63, 3.8) is 0 Å². The highest BCUT2D eigenvalue weighted by molar-refractivity contribution is 7.89. The van der Waals surface area contributed by atoms with E-state index >= 15 is 0 Å². The summed E-state index contributed by atoms with van der Waals surface area (Å²) in [5.41, 5.74) is 6.12. The van der Waals surface area contributed by atoms with Crippen LogP contribution in [0.1, 0.15) is 39.5 Å². The Morgan fingerprint density at radius 2 is 2.10 bits per heavy atom. The lowest BCUT2D eigenvalue weighted by molar-refractivity contribution is 0.212. The molecule has 0 aliphatic heterocycles. The van der Waals surface area contributed by atoms with Crippen LogP contribution in [-0.4, -0.2) is 14.5 Å². The van der Waals surface area contributed by atoms with Gasteiger partial charge in [0.05, 0.1) is 5.69 Å². The maximum Gasteiger partial charge on any atom is 0.242 e. The van der Waals surface area contributed by atoms with Crippen LogP contribution in [0, 0.1) is 5.41 Å². The monoisotopic (exact) mass is 316 g/mol. The predicted molar refractivity (Wildman–Crippen MR) is 82.2 cm³/mol. The first kappa shape index (κ1) is 15.6. The molecule has 1 atom stereocenters. The fraction of sp³-hybridized carbons (Fsp3) is 0.571. The third-order valence-corrected chi connectivity index (χ3v) is 5.62. The van der Waals surface area contributed by atoms with Crippen LogP contribution in [-0.2, 0) is 10.0 Å². The normalized spacial score (nSPS) is 22.6. The van der Waals surface area contributed by atoms with Gasteiger partial charge in [0, 0.05) is 11.1 Å². The van der Waals surface area contributed by atoms with Gasteiger partial charge in [-0.3, -0.25) is 0 Å². The van der Waals surface area contributed by atoms with E-state index in [9.17, 15) is 8.42 Å². The second-order valence-electron chi connectivity index (χ2n) is 6.26. The first-order chi connectivity index (χ1) is 9.20. The van der Waals surface area contributed by atoms with Crippen molar-refractivity contribution in [2.75, 3.05) is 5.73 Å². The van der Waals surface area contributed by atoms with Crippen LogP contribution in [0.2, 0.25) is 5.02 Å². The van der Waals surface area contributed by atoms with E-state index in [4.69, 9.17) is 17.3 Å². The lowest BCUT2D eigenvalue weighted by Gasteiger charge is -2.35.